The lowest BCUT2D eigenvalue weighted by Gasteiger charge is -2.24. The van der Waals surface area contributed by atoms with Gasteiger partial charge >= 0.3 is 0 Å². The average Bonchev–Trinajstić information content (AvgIpc) is 2.78. The molecular formula is C33H37N2+. The SMILES string of the molecule is Cc1c(-c2c3c(ccc4c(CC(C)(C)C)nccc43)cc[n+]2C)cc(C(C)(C)C)c2ccccc12. The Kier molecular flexibility index (Phi) is 5.47. The Morgan fingerprint density at radius 3 is 2.20 bits per heavy atom. The zero-order valence-electron chi connectivity index (χ0n) is 22.5. The number of hydrogen-bond donors (Lipinski definition) is 0. The summed E-state index contributed by atoms with van der Waals surface area (Å²) in [5.41, 5.74) is 6.70. The fraction of sp³-hybridized carbons (Fsp3) is 0.333. The van der Waals surface area contributed by atoms with Crippen molar-refractivity contribution in [2.24, 2.45) is 12.5 Å². The Hall–Kier alpha value is -3.26. The number of nitrogens with zero attached hydrogens (tertiary/aromatic N) is 2. The Bertz CT molecular complexity index is 1590. The van der Waals surface area contributed by atoms with Crippen LogP contribution in [-0.2, 0) is 18.9 Å². The first-order valence-electron chi connectivity index (χ1n) is 12.7. The number of aryl methyl sites for hydroxylation is 2. The summed E-state index contributed by atoms with van der Waals surface area (Å²) in [5.74, 6) is 0. The van der Waals surface area contributed by atoms with Gasteiger partial charge in [-0.1, -0.05) is 77.9 Å². The number of pyridine rings is 2. The second-order valence-electron chi connectivity index (χ2n) is 12.3. The predicted molar refractivity (Wildman–Crippen MR) is 150 cm³/mol. The lowest BCUT2D eigenvalue weighted by Crippen LogP contribution is -2.31. The van der Waals surface area contributed by atoms with E-state index in [1.807, 2.05) is 6.20 Å². The van der Waals surface area contributed by atoms with E-state index in [1.54, 1.807) is 0 Å². The second kappa shape index (κ2) is 8.16. The molecule has 2 heterocycles. The van der Waals surface area contributed by atoms with Gasteiger partial charge in [-0.2, -0.15) is 0 Å². The number of benzene rings is 3. The van der Waals surface area contributed by atoms with Crippen molar-refractivity contribution in [3.05, 3.63) is 83.8 Å². The molecule has 0 amide bonds. The Morgan fingerprint density at radius 2 is 1.51 bits per heavy atom. The van der Waals surface area contributed by atoms with Crippen molar-refractivity contribution in [2.75, 3.05) is 0 Å². The molecule has 0 N–H and O–H groups in total. The quantitative estimate of drug-likeness (QED) is 0.191. The highest BCUT2D eigenvalue weighted by atomic mass is 14.9. The van der Waals surface area contributed by atoms with Crippen LogP contribution in [0.3, 0.4) is 0 Å². The largest absolute Gasteiger partial charge is 0.261 e. The van der Waals surface area contributed by atoms with Gasteiger partial charge in [0.15, 0.2) is 6.20 Å². The molecule has 0 unspecified atom stereocenters. The van der Waals surface area contributed by atoms with Crippen molar-refractivity contribution in [3.8, 4) is 11.3 Å². The van der Waals surface area contributed by atoms with Crippen LogP contribution >= 0.6 is 0 Å². The van der Waals surface area contributed by atoms with Crippen molar-refractivity contribution in [3.63, 3.8) is 0 Å². The fourth-order valence-corrected chi connectivity index (χ4v) is 5.53. The summed E-state index contributed by atoms with van der Waals surface area (Å²) in [6, 6.07) is 20.3. The van der Waals surface area contributed by atoms with Crippen molar-refractivity contribution >= 4 is 32.3 Å². The predicted octanol–water partition coefficient (Wildman–Crippen LogP) is 8.23. The first kappa shape index (κ1) is 23.5. The number of aromatic nitrogens is 2. The molecule has 0 bridgehead atoms. The maximum Gasteiger partial charge on any atom is 0.221 e. The van der Waals surface area contributed by atoms with E-state index in [0.717, 1.165) is 6.42 Å². The Morgan fingerprint density at radius 1 is 0.800 bits per heavy atom. The summed E-state index contributed by atoms with van der Waals surface area (Å²) >= 11 is 0. The van der Waals surface area contributed by atoms with Crippen LogP contribution < -0.4 is 4.57 Å². The topological polar surface area (TPSA) is 16.8 Å². The molecular weight excluding hydrogens is 424 g/mol. The zero-order chi connectivity index (χ0) is 25.1. The van der Waals surface area contributed by atoms with E-state index in [0.29, 0.717) is 0 Å². The van der Waals surface area contributed by atoms with Gasteiger partial charge in [-0.05, 0) is 69.0 Å². The van der Waals surface area contributed by atoms with Crippen LogP contribution in [0.25, 0.3) is 43.6 Å². The molecule has 178 valence electrons. The normalized spacial score (nSPS) is 12.7. The highest BCUT2D eigenvalue weighted by Crippen LogP contribution is 2.40. The number of hydrogen-bond acceptors (Lipinski definition) is 1. The van der Waals surface area contributed by atoms with Crippen molar-refractivity contribution in [2.45, 2.75) is 60.3 Å². The number of rotatable bonds is 2. The Labute approximate surface area is 209 Å². The van der Waals surface area contributed by atoms with Crippen molar-refractivity contribution < 1.29 is 4.57 Å². The fourth-order valence-electron chi connectivity index (χ4n) is 5.53. The minimum Gasteiger partial charge on any atom is -0.261 e. The highest BCUT2D eigenvalue weighted by molar-refractivity contribution is 6.14. The molecule has 0 aliphatic carbocycles. The lowest BCUT2D eigenvalue weighted by molar-refractivity contribution is -0.659. The van der Waals surface area contributed by atoms with Crippen molar-refractivity contribution in [1.82, 2.24) is 4.98 Å². The van der Waals surface area contributed by atoms with E-state index >= 15 is 0 Å². The van der Waals surface area contributed by atoms with Gasteiger partial charge in [0, 0.05) is 23.3 Å². The average molecular weight is 462 g/mol. The van der Waals surface area contributed by atoms with Crippen LogP contribution in [0.2, 0.25) is 0 Å². The molecule has 0 atom stereocenters. The molecule has 2 heteroatoms. The summed E-state index contributed by atoms with van der Waals surface area (Å²) in [6.07, 6.45) is 5.15. The molecule has 35 heavy (non-hydrogen) atoms. The van der Waals surface area contributed by atoms with E-state index in [2.05, 4.69) is 121 Å². The van der Waals surface area contributed by atoms with Gasteiger partial charge in [-0.15, -0.1) is 0 Å². The molecule has 3 aromatic carbocycles. The second-order valence-corrected chi connectivity index (χ2v) is 12.3. The first-order valence-corrected chi connectivity index (χ1v) is 12.7. The van der Waals surface area contributed by atoms with Gasteiger partial charge < -0.3 is 0 Å². The molecule has 0 saturated carbocycles. The minimum atomic E-state index is 0.0388. The van der Waals surface area contributed by atoms with Crippen LogP contribution in [0.15, 0.2) is 67.0 Å². The molecule has 0 spiro atoms. The smallest absolute Gasteiger partial charge is 0.221 e. The molecule has 0 fully saturated rings. The van der Waals surface area contributed by atoms with Gasteiger partial charge in [0.2, 0.25) is 5.69 Å². The van der Waals surface area contributed by atoms with Gasteiger partial charge in [0.05, 0.1) is 10.9 Å². The summed E-state index contributed by atoms with van der Waals surface area (Å²) in [4.78, 5) is 4.82. The molecule has 5 rings (SSSR count). The zero-order valence-corrected chi connectivity index (χ0v) is 22.5. The van der Waals surface area contributed by atoms with Gasteiger partial charge in [-0.25, -0.2) is 4.57 Å². The van der Waals surface area contributed by atoms with Crippen LogP contribution in [0.5, 0.6) is 0 Å². The van der Waals surface area contributed by atoms with Gasteiger partial charge in [0.25, 0.3) is 0 Å². The minimum absolute atomic E-state index is 0.0388. The van der Waals surface area contributed by atoms with E-state index in [1.165, 1.54) is 60.4 Å². The maximum absolute atomic E-state index is 4.82. The molecule has 0 aliphatic rings. The lowest BCUT2D eigenvalue weighted by atomic mass is 9.80. The third-order valence-electron chi connectivity index (χ3n) is 7.20. The standard InChI is InChI=1S/C33H37N2/c1-21-23-11-9-10-12-24(23)28(33(5,6)7)19-27(21)31-30-22(16-18-35(31)8)13-14-25-26(30)15-17-34-29(25)20-32(2,3)4/h9-19H,20H2,1-8H3/q+1. The van der Waals surface area contributed by atoms with Crippen LogP contribution in [0.1, 0.15) is 58.4 Å². The van der Waals surface area contributed by atoms with Gasteiger partial charge in [0.1, 0.15) is 7.05 Å². The van der Waals surface area contributed by atoms with Crippen LogP contribution in [0, 0.1) is 12.3 Å². The molecule has 0 aliphatic heterocycles. The van der Waals surface area contributed by atoms with E-state index in [4.69, 9.17) is 4.98 Å². The van der Waals surface area contributed by atoms with Crippen LogP contribution in [0.4, 0.5) is 0 Å². The summed E-state index contributed by atoms with van der Waals surface area (Å²) in [6.45, 7) is 16.1. The molecule has 2 aromatic heterocycles. The van der Waals surface area contributed by atoms with Gasteiger partial charge in [-0.3, -0.25) is 4.98 Å². The summed E-state index contributed by atoms with van der Waals surface area (Å²) in [7, 11) is 2.18. The van der Waals surface area contributed by atoms with E-state index < -0.39 is 0 Å². The Balaban J connectivity index is 1.93. The molecule has 2 nitrogen and oxygen atoms in total. The molecule has 0 radical (unpaired) electrons. The first-order chi connectivity index (χ1) is 16.5. The van der Waals surface area contributed by atoms with Crippen molar-refractivity contribution in [1.29, 1.82) is 0 Å². The number of fused-ring (bicyclic) bond motifs is 4. The molecule has 0 saturated heterocycles. The third-order valence-corrected chi connectivity index (χ3v) is 7.20. The summed E-state index contributed by atoms with van der Waals surface area (Å²) < 4.78 is 2.30. The highest BCUT2D eigenvalue weighted by Gasteiger charge is 2.26. The van der Waals surface area contributed by atoms with E-state index in [9.17, 15) is 0 Å². The monoisotopic (exact) mass is 461 g/mol. The van der Waals surface area contributed by atoms with E-state index in [-0.39, 0.29) is 10.8 Å². The van der Waals surface area contributed by atoms with Crippen LogP contribution in [-0.4, -0.2) is 4.98 Å². The maximum atomic E-state index is 4.82. The third kappa shape index (κ3) is 4.10. The summed E-state index contributed by atoms with van der Waals surface area (Å²) in [5, 5.41) is 7.81. The molecule has 5 aromatic rings.